The van der Waals surface area contributed by atoms with Crippen molar-refractivity contribution >= 4 is 30.8 Å². The van der Waals surface area contributed by atoms with Crippen LogP contribution in [0.3, 0.4) is 0 Å². The summed E-state index contributed by atoms with van der Waals surface area (Å²) in [5.74, 6) is 0.750. The minimum absolute atomic E-state index is 0.0183. The molecule has 1 atom stereocenters. The summed E-state index contributed by atoms with van der Waals surface area (Å²) in [5.41, 5.74) is 2.28. The fourth-order valence-corrected chi connectivity index (χ4v) is 5.56. The Balaban J connectivity index is 1.37. The Morgan fingerprint density at radius 1 is 1.13 bits per heavy atom. The van der Waals surface area contributed by atoms with Gasteiger partial charge in [-0.2, -0.15) is 0 Å². The van der Waals surface area contributed by atoms with E-state index in [0.29, 0.717) is 32.5 Å². The number of anilines is 2. The topological polar surface area (TPSA) is 132 Å². The van der Waals surface area contributed by atoms with Crippen LogP contribution in [0, 0.1) is 5.82 Å². The van der Waals surface area contributed by atoms with E-state index in [2.05, 4.69) is 19.0 Å². The van der Waals surface area contributed by atoms with Crippen molar-refractivity contribution in [3.05, 3.63) is 82.5 Å². The van der Waals surface area contributed by atoms with Gasteiger partial charge in [-0.3, -0.25) is 9.36 Å². The van der Waals surface area contributed by atoms with Crippen LogP contribution in [0.2, 0.25) is 0 Å². The van der Waals surface area contributed by atoms with Crippen LogP contribution in [0.4, 0.5) is 16.3 Å². The Morgan fingerprint density at radius 3 is 2.51 bits per heavy atom. The van der Waals surface area contributed by atoms with Crippen molar-refractivity contribution in [3.63, 3.8) is 0 Å². The summed E-state index contributed by atoms with van der Waals surface area (Å²) in [6.45, 7) is 3.19. The molecule has 0 amide bonds. The number of nitrogens with zero attached hydrogens (tertiary/aromatic N) is 6. The number of benzene rings is 2. The third-order valence-corrected chi connectivity index (χ3v) is 7.57. The molecule has 2 aromatic carbocycles. The van der Waals surface area contributed by atoms with Crippen LogP contribution < -0.4 is 25.1 Å². The van der Waals surface area contributed by atoms with Gasteiger partial charge in [0.15, 0.2) is 0 Å². The van der Waals surface area contributed by atoms with Crippen molar-refractivity contribution in [1.29, 1.82) is 0 Å². The van der Waals surface area contributed by atoms with Crippen LogP contribution in [0.5, 0.6) is 0 Å². The van der Waals surface area contributed by atoms with Gasteiger partial charge in [-0.25, -0.2) is 14.4 Å². The number of hydrogen-bond donors (Lipinski definition) is 0. The zero-order valence-corrected chi connectivity index (χ0v) is 22.4. The molecule has 1 saturated heterocycles. The highest BCUT2D eigenvalue weighted by atomic mass is 31.2. The number of halogens is 1. The van der Waals surface area contributed by atoms with Gasteiger partial charge in [0.2, 0.25) is 11.9 Å². The SMILES string of the molecule is CC(OP(=O)([O-])[O-])n1c(N(C)C2CCN(c3nc4ccccc4n3Cc3ccc(F)cc3)CC2)nccc1=O. The molecule has 1 unspecified atom stereocenters. The van der Waals surface area contributed by atoms with E-state index in [1.807, 2.05) is 29.2 Å². The van der Waals surface area contributed by atoms with E-state index in [1.54, 1.807) is 19.2 Å². The monoisotopic (exact) mass is 554 g/mol. The average molecular weight is 555 g/mol. The molecule has 1 aliphatic rings. The lowest BCUT2D eigenvalue weighted by Gasteiger charge is -2.39. The predicted molar refractivity (Wildman–Crippen MR) is 141 cm³/mol. The molecule has 11 nitrogen and oxygen atoms in total. The molecular weight excluding hydrogens is 526 g/mol. The minimum atomic E-state index is -5.32. The third kappa shape index (κ3) is 5.89. The zero-order chi connectivity index (χ0) is 27.7. The third-order valence-electron chi connectivity index (χ3n) is 7.00. The van der Waals surface area contributed by atoms with Crippen LogP contribution in [0.1, 0.15) is 31.6 Å². The van der Waals surface area contributed by atoms with Gasteiger partial charge in [-0.05, 0) is 49.6 Å². The molecule has 1 aliphatic heterocycles. The highest BCUT2D eigenvalue weighted by molar-refractivity contribution is 7.43. The summed E-state index contributed by atoms with van der Waals surface area (Å²) < 4.78 is 32.4. The Kier molecular flexibility index (Phi) is 7.55. The lowest BCUT2D eigenvalue weighted by Crippen LogP contribution is -2.46. The van der Waals surface area contributed by atoms with Gasteiger partial charge in [-0.15, -0.1) is 0 Å². The van der Waals surface area contributed by atoms with Gasteiger partial charge in [-0.1, -0.05) is 24.3 Å². The molecule has 2 aromatic heterocycles. The van der Waals surface area contributed by atoms with Crippen LogP contribution in [0.25, 0.3) is 11.0 Å². The number of imidazole rings is 1. The number of para-hydroxylation sites is 2. The normalized spacial score (nSPS) is 15.6. The number of fused-ring (bicyclic) bond motifs is 1. The van der Waals surface area contributed by atoms with Gasteiger partial charge in [0, 0.05) is 38.4 Å². The fourth-order valence-electron chi connectivity index (χ4n) is 5.09. The Labute approximate surface area is 224 Å². The largest absolute Gasteiger partial charge is 0.790 e. The van der Waals surface area contributed by atoms with Crippen LogP contribution in [0.15, 0.2) is 65.6 Å². The number of rotatable bonds is 8. The first-order valence-electron chi connectivity index (χ1n) is 12.6. The summed E-state index contributed by atoms with van der Waals surface area (Å²) in [6, 6.07) is 15.5. The summed E-state index contributed by atoms with van der Waals surface area (Å²) in [7, 11) is -3.54. The van der Waals surface area contributed by atoms with E-state index >= 15 is 0 Å². The van der Waals surface area contributed by atoms with Gasteiger partial charge in [0.25, 0.3) is 5.56 Å². The molecule has 0 N–H and O–H groups in total. The van der Waals surface area contributed by atoms with E-state index in [1.165, 1.54) is 31.3 Å². The molecule has 4 aromatic rings. The molecule has 206 valence electrons. The van der Waals surface area contributed by atoms with E-state index < -0.39 is 19.6 Å². The highest BCUT2D eigenvalue weighted by Gasteiger charge is 2.28. The van der Waals surface area contributed by atoms with Gasteiger partial charge < -0.3 is 33.2 Å². The maximum absolute atomic E-state index is 13.5. The van der Waals surface area contributed by atoms with Crippen molar-refractivity contribution in [2.45, 2.75) is 38.6 Å². The number of hydrogen-bond acceptors (Lipinski definition) is 9. The van der Waals surface area contributed by atoms with Crippen LogP contribution in [-0.2, 0) is 15.6 Å². The summed E-state index contributed by atoms with van der Waals surface area (Å²) in [4.78, 5) is 48.1. The number of aromatic nitrogens is 4. The highest BCUT2D eigenvalue weighted by Crippen LogP contribution is 2.33. The van der Waals surface area contributed by atoms with Gasteiger partial charge in [0.1, 0.15) is 12.0 Å². The molecule has 1 fully saturated rings. The molecule has 39 heavy (non-hydrogen) atoms. The first-order chi connectivity index (χ1) is 18.6. The average Bonchev–Trinajstić information content (AvgIpc) is 3.26. The van der Waals surface area contributed by atoms with E-state index in [0.717, 1.165) is 27.1 Å². The molecule has 3 heterocycles. The van der Waals surface area contributed by atoms with E-state index in [9.17, 15) is 23.5 Å². The molecule has 0 saturated carbocycles. The standard InChI is InChI=1S/C26H30FN6O5P/c1-18(38-39(35,36)37)33-24(34)11-14-28-25(33)30(2)21-12-15-31(16-13-21)26-29-22-5-3-4-6-23(22)32(26)17-19-7-9-20(27)10-8-19/h3-11,14,18,21H,12-13,15-17H2,1-2H3,(H2,35,36,37)/p-2. The van der Waals surface area contributed by atoms with Crippen molar-refractivity contribution in [1.82, 2.24) is 19.1 Å². The maximum Gasteiger partial charge on any atom is 0.256 e. The number of phosphoric acid groups is 1. The first-order valence-corrected chi connectivity index (χ1v) is 14.0. The van der Waals surface area contributed by atoms with E-state index in [4.69, 9.17) is 4.98 Å². The summed E-state index contributed by atoms with van der Waals surface area (Å²) in [5, 5.41) is 0. The van der Waals surface area contributed by atoms with Crippen molar-refractivity contribution in [2.75, 3.05) is 29.9 Å². The predicted octanol–water partition coefficient (Wildman–Crippen LogP) is 2.25. The quantitative estimate of drug-likeness (QED) is 0.301. The Morgan fingerprint density at radius 2 is 1.82 bits per heavy atom. The van der Waals surface area contributed by atoms with Crippen LogP contribution >= 0.6 is 7.82 Å². The van der Waals surface area contributed by atoms with Crippen molar-refractivity contribution in [2.24, 2.45) is 0 Å². The second-order valence-corrected chi connectivity index (χ2v) is 10.7. The second-order valence-electron chi connectivity index (χ2n) is 9.55. The van der Waals surface area contributed by atoms with E-state index in [-0.39, 0.29) is 17.8 Å². The molecule has 13 heteroatoms. The van der Waals surface area contributed by atoms with Gasteiger partial charge in [0.05, 0.1) is 25.4 Å². The minimum Gasteiger partial charge on any atom is -0.790 e. The molecular formula is C26H28FN6O5P-2. The second kappa shape index (κ2) is 10.9. The first kappa shape index (κ1) is 27.0. The number of phosphoric ester groups is 1. The summed E-state index contributed by atoms with van der Waals surface area (Å²) in [6.07, 6.45) is 1.42. The molecule has 0 aliphatic carbocycles. The Hall–Kier alpha value is -3.57. The van der Waals surface area contributed by atoms with Crippen molar-refractivity contribution in [3.8, 4) is 0 Å². The van der Waals surface area contributed by atoms with Gasteiger partial charge >= 0.3 is 0 Å². The Bertz CT molecular complexity index is 1560. The van der Waals surface area contributed by atoms with Crippen LogP contribution in [-0.4, -0.2) is 45.3 Å². The molecule has 0 spiro atoms. The lowest BCUT2D eigenvalue weighted by atomic mass is 10.0. The number of piperidine rings is 1. The molecule has 5 rings (SSSR count). The molecule has 0 bridgehead atoms. The maximum atomic E-state index is 13.5. The smallest absolute Gasteiger partial charge is 0.256 e. The zero-order valence-electron chi connectivity index (χ0n) is 21.5. The lowest BCUT2D eigenvalue weighted by molar-refractivity contribution is -0.346. The summed E-state index contributed by atoms with van der Waals surface area (Å²) >= 11 is 0. The van der Waals surface area contributed by atoms with Crippen molar-refractivity contribution < 1.29 is 23.3 Å². The molecule has 0 radical (unpaired) electrons. The fraction of sp³-hybridized carbons (Fsp3) is 0.346.